The summed E-state index contributed by atoms with van der Waals surface area (Å²) in [6.45, 7) is 0.677. The Morgan fingerprint density at radius 3 is 2.68 bits per heavy atom. The zero-order valence-electron chi connectivity index (χ0n) is 12.5. The summed E-state index contributed by atoms with van der Waals surface area (Å²) in [5.74, 6) is 0.723. The molecular formula is C17H20BrNO3. The zero-order valence-corrected chi connectivity index (χ0v) is 14.1. The van der Waals surface area contributed by atoms with Crippen LogP contribution in [0.3, 0.4) is 0 Å². The van der Waals surface area contributed by atoms with Gasteiger partial charge in [0.15, 0.2) is 0 Å². The number of carbonyl (C=O) groups is 2. The summed E-state index contributed by atoms with van der Waals surface area (Å²) in [4.78, 5) is 26.2. The third kappa shape index (κ3) is 3.05. The van der Waals surface area contributed by atoms with Crippen molar-refractivity contribution in [3.63, 3.8) is 0 Å². The number of amides is 2. The Kier molecular flexibility index (Phi) is 4.52. The molecule has 1 aromatic rings. The zero-order chi connectivity index (χ0) is 15.6. The number of hydrogen-bond acceptors (Lipinski definition) is 3. The highest BCUT2D eigenvalue weighted by Crippen LogP contribution is 2.45. The van der Waals surface area contributed by atoms with Crippen LogP contribution in [0.5, 0.6) is 5.75 Å². The van der Waals surface area contributed by atoms with Crippen molar-refractivity contribution in [2.24, 2.45) is 5.41 Å². The lowest BCUT2D eigenvalue weighted by Crippen LogP contribution is -2.38. The molecule has 1 heterocycles. The molecule has 118 valence electrons. The molecule has 5 heteroatoms. The van der Waals surface area contributed by atoms with E-state index < -0.39 is 5.41 Å². The van der Waals surface area contributed by atoms with Gasteiger partial charge in [0.2, 0.25) is 11.8 Å². The van der Waals surface area contributed by atoms with Crippen molar-refractivity contribution in [3.8, 4) is 5.75 Å². The molecule has 0 unspecified atom stereocenters. The Morgan fingerprint density at radius 2 is 1.95 bits per heavy atom. The Balaban J connectivity index is 1.58. The number of ether oxygens (including phenoxy) is 1. The van der Waals surface area contributed by atoms with Crippen LogP contribution in [-0.4, -0.2) is 29.9 Å². The summed E-state index contributed by atoms with van der Waals surface area (Å²) in [6, 6.07) is 7.55. The third-order valence-corrected chi connectivity index (χ3v) is 5.17. The van der Waals surface area contributed by atoms with Gasteiger partial charge in [0.25, 0.3) is 0 Å². The van der Waals surface area contributed by atoms with E-state index in [0.717, 1.165) is 35.9 Å². The topological polar surface area (TPSA) is 46.6 Å². The van der Waals surface area contributed by atoms with E-state index >= 15 is 0 Å². The molecule has 22 heavy (non-hydrogen) atoms. The van der Waals surface area contributed by atoms with Crippen molar-refractivity contribution in [1.82, 2.24) is 4.90 Å². The molecule has 1 aliphatic carbocycles. The highest BCUT2D eigenvalue weighted by Gasteiger charge is 2.51. The second-order valence-corrected chi connectivity index (χ2v) is 7.09. The first kappa shape index (κ1) is 15.5. The maximum Gasteiger partial charge on any atom is 0.236 e. The number of halogens is 1. The van der Waals surface area contributed by atoms with Crippen LogP contribution in [0.15, 0.2) is 28.7 Å². The lowest BCUT2D eigenvalue weighted by molar-refractivity contribution is -0.142. The molecule has 2 fully saturated rings. The number of nitrogens with zero attached hydrogens (tertiary/aromatic N) is 1. The first-order chi connectivity index (χ1) is 10.6. The Hall–Kier alpha value is -1.36. The van der Waals surface area contributed by atoms with Crippen LogP contribution in [0.25, 0.3) is 0 Å². The predicted molar refractivity (Wildman–Crippen MR) is 86.5 cm³/mol. The van der Waals surface area contributed by atoms with Crippen LogP contribution < -0.4 is 4.74 Å². The van der Waals surface area contributed by atoms with Crippen LogP contribution in [0.2, 0.25) is 0 Å². The quantitative estimate of drug-likeness (QED) is 0.766. The van der Waals surface area contributed by atoms with E-state index in [4.69, 9.17) is 4.74 Å². The minimum absolute atomic E-state index is 0.0232. The van der Waals surface area contributed by atoms with Gasteiger partial charge in [-0.15, -0.1) is 0 Å². The molecule has 0 radical (unpaired) electrons. The summed E-state index contributed by atoms with van der Waals surface area (Å²) in [6.07, 6.45) is 5.40. The normalized spacial score (nSPS) is 20.7. The first-order valence-electron chi connectivity index (χ1n) is 7.84. The van der Waals surface area contributed by atoms with Crippen LogP contribution in [0.4, 0.5) is 0 Å². The molecule has 2 amide bonds. The van der Waals surface area contributed by atoms with E-state index in [1.807, 2.05) is 24.3 Å². The minimum Gasteiger partial charge on any atom is -0.492 e. The van der Waals surface area contributed by atoms with Gasteiger partial charge in [-0.25, -0.2) is 0 Å². The van der Waals surface area contributed by atoms with Crippen molar-refractivity contribution >= 4 is 27.7 Å². The van der Waals surface area contributed by atoms with Crippen molar-refractivity contribution in [2.45, 2.75) is 38.5 Å². The molecule has 1 aliphatic heterocycles. The molecule has 0 atom stereocenters. The molecule has 0 N–H and O–H groups in total. The molecular weight excluding hydrogens is 346 g/mol. The van der Waals surface area contributed by atoms with Gasteiger partial charge >= 0.3 is 0 Å². The van der Waals surface area contributed by atoms with E-state index in [9.17, 15) is 9.59 Å². The fraction of sp³-hybridized carbons (Fsp3) is 0.529. The highest BCUT2D eigenvalue weighted by atomic mass is 79.9. The summed E-state index contributed by atoms with van der Waals surface area (Å²) >= 11 is 3.39. The average molecular weight is 366 g/mol. The van der Waals surface area contributed by atoms with Crippen LogP contribution in [-0.2, 0) is 9.59 Å². The largest absolute Gasteiger partial charge is 0.492 e. The van der Waals surface area contributed by atoms with Gasteiger partial charge in [0, 0.05) is 10.9 Å². The SMILES string of the molecule is O=C1CC2(CCCCC2)C(=O)N1CCOc1cccc(Br)c1. The van der Waals surface area contributed by atoms with Gasteiger partial charge in [0.05, 0.1) is 12.0 Å². The molecule has 2 aliphatic rings. The molecule has 1 spiro atoms. The van der Waals surface area contributed by atoms with Crippen LogP contribution >= 0.6 is 15.9 Å². The second-order valence-electron chi connectivity index (χ2n) is 6.17. The van der Waals surface area contributed by atoms with Crippen molar-refractivity contribution in [2.75, 3.05) is 13.2 Å². The first-order valence-corrected chi connectivity index (χ1v) is 8.63. The maximum absolute atomic E-state index is 12.6. The van der Waals surface area contributed by atoms with Crippen molar-refractivity contribution in [1.29, 1.82) is 0 Å². The fourth-order valence-corrected chi connectivity index (χ4v) is 3.90. The van der Waals surface area contributed by atoms with Gasteiger partial charge < -0.3 is 4.74 Å². The number of rotatable bonds is 4. The lowest BCUT2D eigenvalue weighted by atomic mass is 9.73. The van der Waals surface area contributed by atoms with Crippen molar-refractivity contribution < 1.29 is 14.3 Å². The standard InChI is InChI=1S/C17H20BrNO3/c18-13-5-4-6-14(11-13)22-10-9-19-15(20)12-17(16(19)21)7-2-1-3-8-17/h4-6,11H,1-3,7-10,12H2. The van der Waals surface area contributed by atoms with E-state index in [0.29, 0.717) is 19.6 Å². The Bertz CT molecular complexity index is 581. The van der Waals surface area contributed by atoms with Crippen LogP contribution in [0, 0.1) is 5.41 Å². The molecule has 4 nitrogen and oxygen atoms in total. The minimum atomic E-state index is -0.398. The number of likely N-dealkylation sites (tertiary alicyclic amines) is 1. The molecule has 1 aromatic carbocycles. The third-order valence-electron chi connectivity index (χ3n) is 4.68. The second kappa shape index (κ2) is 6.41. The Morgan fingerprint density at radius 1 is 1.18 bits per heavy atom. The molecule has 3 rings (SSSR count). The van der Waals surface area contributed by atoms with Gasteiger partial charge in [-0.2, -0.15) is 0 Å². The van der Waals surface area contributed by atoms with Gasteiger partial charge in [-0.1, -0.05) is 41.3 Å². The summed E-state index contributed by atoms with van der Waals surface area (Å²) < 4.78 is 6.59. The summed E-state index contributed by atoms with van der Waals surface area (Å²) in [7, 11) is 0. The van der Waals surface area contributed by atoms with E-state index in [2.05, 4.69) is 15.9 Å². The van der Waals surface area contributed by atoms with Gasteiger partial charge in [-0.3, -0.25) is 14.5 Å². The summed E-state index contributed by atoms with van der Waals surface area (Å²) in [5, 5.41) is 0. The molecule has 1 saturated heterocycles. The van der Waals surface area contributed by atoms with E-state index in [1.165, 1.54) is 11.3 Å². The maximum atomic E-state index is 12.6. The lowest BCUT2D eigenvalue weighted by Gasteiger charge is -2.30. The van der Waals surface area contributed by atoms with E-state index in [1.54, 1.807) is 0 Å². The van der Waals surface area contributed by atoms with Crippen LogP contribution in [0.1, 0.15) is 38.5 Å². The number of carbonyl (C=O) groups excluding carboxylic acids is 2. The summed E-state index contributed by atoms with van der Waals surface area (Å²) in [5.41, 5.74) is -0.398. The number of hydrogen-bond donors (Lipinski definition) is 0. The smallest absolute Gasteiger partial charge is 0.236 e. The van der Waals surface area contributed by atoms with E-state index in [-0.39, 0.29) is 11.8 Å². The highest BCUT2D eigenvalue weighted by molar-refractivity contribution is 9.10. The monoisotopic (exact) mass is 365 g/mol. The predicted octanol–water partition coefficient (Wildman–Crippen LogP) is 3.54. The number of imide groups is 1. The Labute approximate surface area is 138 Å². The molecule has 0 bridgehead atoms. The average Bonchev–Trinajstić information content (AvgIpc) is 2.72. The fourth-order valence-electron chi connectivity index (χ4n) is 3.52. The molecule has 0 aromatic heterocycles. The van der Waals surface area contributed by atoms with Gasteiger partial charge in [0.1, 0.15) is 12.4 Å². The number of benzene rings is 1. The molecule has 1 saturated carbocycles. The van der Waals surface area contributed by atoms with Crippen molar-refractivity contribution in [3.05, 3.63) is 28.7 Å². The van der Waals surface area contributed by atoms with Gasteiger partial charge in [-0.05, 0) is 31.0 Å².